The lowest BCUT2D eigenvalue weighted by Crippen LogP contribution is -2.21. The number of rotatable bonds is 6. The molecule has 176 valence electrons. The molecule has 4 heterocycles. The molecule has 5 aromatic rings. The molecule has 1 aliphatic heterocycles. The average molecular weight is 469 g/mol. The van der Waals surface area contributed by atoms with Crippen LogP contribution in [0.3, 0.4) is 0 Å². The first-order chi connectivity index (χ1) is 17.1. The fourth-order valence-electron chi connectivity index (χ4n) is 4.50. The number of aromatic amines is 2. The molecule has 0 radical (unpaired) electrons. The fraction of sp³-hybridized carbons (Fsp3) is 0.200. The van der Waals surface area contributed by atoms with E-state index in [1.807, 2.05) is 36.5 Å². The Morgan fingerprint density at radius 2 is 2.11 bits per heavy atom. The lowest BCUT2D eigenvalue weighted by Gasteiger charge is -2.18. The maximum atomic E-state index is 12.9. The molecule has 6 rings (SSSR count). The summed E-state index contributed by atoms with van der Waals surface area (Å²) in [6.45, 7) is 2.09. The van der Waals surface area contributed by atoms with Crippen LogP contribution in [0.4, 0.5) is 11.4 Å². The van der Waals surface area contributed by atoms with Gasteiger partial charge in [0.05, 0.1) is 36.2 Å². The molecule has 1 fully saturated rings. The fourth-order valence-corrected chi connectivity index (χ4v) is 4.50. The molecule has 0 bridgehead atoms. The number of anilines is 2. The number of carbonyl (C=O) groups is 1. The molecule has 1 aliphatic rings. The Kier molecular flexibility index (Phi) is 5.27. The second-order valence-corrected chi connectivity index (χ2v) is 8.76. The van der Waals surface area contributed by atoms with E-state index in [2.05, 4.69) is 47.8 Å². The van der Waals surface area contributed by atoms with Crippen molar-refractivity contribution in [3.8, 4) is 11.1 Å². The molecule has 1 unspecified atom stereocenters. The number of benzene rings is 2. The Balaban J connectivity index is 1.14. The number of nitrogens with one attached hydrogen (secondary N) is 3. The van der Waals surface area contributed by atoms with Gasteiger partial charge < -0.3 is 15.3 Å². The number of aromatic nitrogens is 6. The summed E-state index contributed by atoms with van der Waals surface area (Å²) in [7, 11) is 0. The van der Waals surface area contributed by atoms with Gasteiger partial charge in [0.25, 0.3) is 5.91 Å². The standard InChI is InChI=1S/C25H24N8O2/c34-21-6-7-32(15-21)20-3-1-2-16(8-20)13-33-14-19(12-28-33)29-25(35)24-22-5-4-17(9-23(22)30-31-24)18-10-26-27-11-18/h1-5,8-12,14,21,34H,6-7,13,15H2,(H,26,27)(H,29,35)(H,30,31). The Morgan fingerprint density at radius 1 is 1.17 bits per heavy atom. The van der Waals surface area contributed by atoms with Crippen molar-refractivity contribution in [2.45, 2.75) is 19.1 Å². The highest BCUT2D eigenvalue weighted by Gasteiger charge is 2.20. The summed E-state index contributed by atoms with van der Waals surface area (Å²) in [6, 6.07) is 14.0. The zero-order valence-electron chi connectivity index (χ0n) is 18.8. The number of hydrogen-bond donors (Lipinski definition) is 4. The summed E-state index contributed by atoms with van der Waals surface area (Å²) < 4.78 is 1.79. The number of β-amino-alcohol motifs (C(OH)–C–C–N with tert-alkyl or cyclic N) is 1. The molecule has 0 aliphatic carbocycles. The summed E-state index contributed by atoms with van der Waals surface area (Å²) in [5.74, 6) is -0.304. The predicted molar refractivity (Wildman–Crippen MR) is 132 cm³/mol. The first-order valence-corrected chi connectivity index (χ1v) is 11.5. The molecule has 1 saturated heterocycles. The van der Waals surface area contributed by atoms with Gasteiger partial charge in [-0.05, 0) is 41.8 Å². The smallest absolute Gasteiger partial charge is 0.276 e. The van der Waals surface area contributed by atoms with Crippen molar-refractivity contribution in [1.82, 2.24) is 30.2 Å². The van der Waals surface area contributed by atoms with Crippen molar-refractivity contribution in [3.05, 3.63) is 78.5 Å². The minimum absolute atomic E-state index is 0.263. The molecular weight excluding hydrogens is 444 g/mol. The second kappa shape index (κ2) is 8.73. The third-order valence-corrected chi connectivity index (χ3v) is 6.28. The molecule has 4 N–H and O–H groups in total. The van der Waals surface area contributed by atoms with Gasteiger partial charge in [0, 0.05) is 42.1 Å². The van der Waals surface area contributed by atoms with Crippen molar-refractivity contribution in [2.24, 2.45) is 0 Å². The molecular formula is C25H24N8O2. The van der Waals surface area contributed by atoms with Crippen LogP contribution in [-0.2, 0) is 6.54 Å². The molecule has 1 amide bonds. The number of fused-ring (bicyclic) bond motifs is 1. The van der Waals surface area contributed by atoms with E-state index in [4.69, 9.17) is 0 Å². The van der Waals surface area contributed by atoms with E-state index >= 15 is 0 Å². The summed E-state index contributed by atoms with van der Waals surface area (Å²) in [6.07, 6.45) is 7.52. The van der Waals surface area contributed by atoms with Crippen LogP contribution in [0.5, 0.6) is 0 Å². The van der Waals surface area contributed by atoms with Crippen molar-refractivity contribution in [3.63, 3.8) is 0 Å². The predicted octanol–water partition coefficient (Wildman–Crippen LogP) is 3.02. The van der Waals surface area contributed by atoms with Gasteiger partial charge in [0.2, 0.25) is 0 Å². The van der Waals surface area contributed by atoms with E-state index in [-0.39, 0.29) is 12.0 Å². The minimum atomic E-state index is -0.304. The van der Waals surface area contributed by atoms with Gasteiger partial charge in [0.1, 0.15) is 0 Å². The van der Waals surface area contributed by atoms with Crippen molar-refractivity contribution < 1.29 is 9.90 Å². The summed E-state index contributed by atoms with van der Waals surface area (Å²) >= 11 is 0. The van der Waals surface area contributed by atoms with Crippen LogP contribution in [0.1, 0.15) is 22.5 Å². The van der Waals surface area contributed by atoms with Gasteiger partial charge in [-0.2, -0.15) is 15.3 Å². The van der Waals surface area contributed by atoms with Crippen molar-refractivity contribution >= 4 is 28.2 Å². The number of aliphatic hydroxyl groups is 1. The highest BCUT2D eigenvalue weighted by Crippen LogP contribution is 2.25. The van der Waals surface area contributed by atoms with E-state index in [0.29, 0.717) is 24.5 Å². The Morgan fingerprint density at radius 3 is 2.94 bits per heavy atom. The van der Waals surface area contributed by atoms with Crippen LogP contribution >= 0.6 is 0 Å². The number of H-pyrrole nitrogens is 2. The molecule has 2 aromatic carbocycles. The Labute approximate surface area is 200 Å². The van der Waals surface area contributed by atoms with Gasteiger partial charge >= 0.3 is 0 Å². The van der Waals surface area contributed by atoms with Gasteiger partial charge in [-0.1, -0.05) is 18.2 Å². The zero-order valence-corrected chi connectivity index (χ0v) is 18.8. The largest absolute Gasteiger partial charge is 0.391 e. The van der Waals surface area contributed by atoms with Gasteiger partial charge in [-0.3, -0.25) is 19.7 Å². The molecule has 0 saturated carbocycles. The highest BCUT2D eigenvalue weighted by molar-refractivity contribution is 6.11. The normalized spacial score (nSPS) is 15.7. The van der Waals surface area contributed by atoms with Crippen LogP contribution in [0.2, 0.25) is 0 Å². The van der Waals surface area contributed by atoms with Crippen LogP contribution in [0, 0.1) is 0 Å². The molecule has 0 spiro atoms. The summed E-state index contributed by atoms with van der Waals surface area (Å²) in [5.41, 5.74) is 5.83. The molecule has 1 atom stereocenters. The van der Waals surface area contributed by atoms with Crippen LogP contribution in [0.25, 0.3) is 22.0 Å². The number of hydrogen-bond acceptors (Lipinski definition) is 6. The lowest BCUT2D eigenvalue weighted by molar-refractivity contribution is 0.102. The Hall–Kier alpha value is -4.44. The van der Waals surface area contributed by atoms with Crippen LogP contribution in [-0.4, -0.2) is 60.4 Å². The van der Waals surface area contributed by atoms with Gasteiger partial charge in [-0.15, -0.1) is 0 Å². The molecule has 35 heavy (non-hydrogen) atoms. The van der Waals surface area contributed by atoms with Crippen LogP contribution < -0.4 is 10.2 Å². The first kappa shape index (κ1) is 21.1. The van der Waals surface area contributed by atoms with Crippen molar-refractivity contribution in [2.75, 3.05) is 23.3 Å². The van der Waals surface area contributed by atoms with E-state index in [1.54, 1.807) is 23.3 Å². The molecule has 3 aromatic heterocycles. The summed E-state index contributed by atoms with van der Waals surface area (Å²) in [5, 5.41) is 31.8. The maximum Gasteiger partial charge on any atom is 0.276 e. The molecule has 10 heteroatoms. The second-order valence-electron chi connectivity index (χ2n) is 8.76. The average Bonchev–Trinajstić information content (AvgIpc) is 3.66. The SMILES string of the molecule is O=C(Nc1cnn(Cc2cccc(N3CCC(O)C3)c2)c1)c1n[nH]c2cc(-c3cn[nH]c3)ccc12. The van der Waals surface area contributed by atoms with E-state index in [1.165, 1.54) is 0 Å². The van der Waals surface area contributed by atoms with Gasteiger partial charge in [0.15, 0.2) is 5.69 Å². The zero-order chi connectivity index (χ0) is 23.8. The summed E-state index contributed by atoms with van der Waals surface area (Å²) in [4.78, 5) is 15.1. The molecule has 10 nitrogen and oxygen atoms in total. The van der Waals surface area contributed by atoms with E-state index < -0.39 is 0 Å². The van der Waals surface area contributed by atoms with E-state index in [9.17, 15) is 9.90 Å². The number of amides is 1. The quantitative estimate of drug-likeness (QED) is 0.303. The Bertz CT molecular complexity index is 1490. The van der Waals surface area contributed by atoms with E-state index in [0.717, 1.165) is 46.2 Å². The third kappa shape index (κ3) is 4.26. The number of aliphatic hydroxyl groups excluding tert-OH is 1. The topological polar surface area (TPSA) is 128 Å². The van der Waals surface area contributed by atoms with Crippen LogP contribution in [0.15, 0.2) is 67.3 Å². The first-order valence-electron chi connectivity index (χ1n) is 11.5. The highest BCUT2D eigenvalue weighted by atomic mass is 16.3. The van der Waals surface area contributed by atoms with Gasteiger partial charge in [-0.25, -0.2) is 0 Å². The lowest BCUT2D eigenvalue weighted by atomic mass is 10.1. The maximum absolute atomic E-state index is 12.9. The minimum Gasteiger partial charge on any atom is -0.391 e. The monoisotopic (exact) mass is 468 g/mol. The number of nitrogens with zero attached hydrogens (tertiary/aromatic N) is 5. The number of carbonyl (C=O) groups excluding carboxylic acids is 1. The third-order valence-electron chi connectivity index (χ3n) is 6.28. The van der Waals surface area contributed by atoms with Crippen molar-refractivity contribution in [1.29, 1.82) is 0 Å².